The fraction of sp³-hybridized carbons (Fsp3) is 0.706. The molecule has 0 saturated carbocycles. The summed E-state index contributed by atoms with van der Waals surface area (Å²) in [6.45, 7) is 10.6. The van der Waals surface area contributed by atoms with Crippen LogP contribution in [0.3, 0.4) is 0 Å². The van der Waals surface area contributed by atoms with E-state index in [1.165, 1.54) is 51.3 Å². The van der Waals surface area contributed by atoms with Crippen LogP contribution in [0.2, 0.25) is 0 Å². The van der Waals surface area contributed by atoms with E-state index in [2.05, 4.69) is 32.7 Å². The Hall–Kier alpha value is -1.17. The lowest BCUT2D eigenvalue weighted by Gasteiger charge is -2.43. The van der Waals surface area contributed by atoms with E-state index >= 15 is 0 Å². The molecule has 3 heterocycles. The van der Waals surface area contributed by atoms with Gasteiger partial charge in [0, 0.05) is 57.2 Å². The average Bonchev–Trinajstić information content (AvgIpc) is 2.62. The summed E-state index contributed by atoms with van der Waals surface area (Å²) < 4.78 is 0. The fourth-order valence-corrected chi connectivity index (χ4v) is 3.68. The van der Waals surface area contributed by atoms with Gasteiger partial charge in [-0.3, -0.25) is 9.88 Å². The number of hydrogen-bond acceptors (Lipinski definition) is 5. The molecule has 0 spiro atoms. The molecule has 0 atom stereocenters. The third-order valence-corrected chi connectivity index (χ3v) is 5.16. The van der Waals surface area contributed by atoms with Gasteiger partial charge in [0.05, 0.1) is 12.3 Å². The molecule has 122 valence electrons. The van der Waals surface area contributed by atoms with Crippen LogP contribution in [0.4, 0.5) is 5.69 Å². The minimum atomic E-state index is 0.0199. The topological polar surface area (TPSA) is 42.8 Å². The summed E-state index contributed by atoms with van der Waals surface area (Å²) in [6.07, 6.45) is 4.28. The second-order valence-electron chi connectivity index (χ2n) is 6.35. The Labute approximate surface area is 133 Å². The molecule has 0 unspecified atom stereocenters. The minimum Gasteiger partial charge on any atom is -0.390 e. The molecule has 0 radical (unpaired) electrons. The number of aliphatic hydroxyl groups is 1. The lowest BCUT2D eigenvalue weighted by molar-refractivity contribution is 0.0878. The Kier molecular flexibility index (Phi) is 5.28. The summed E-state index contributed by atoms with van der Waals surface area (Å²) >= 11 is 0. The maximum atomic E-state index is 9.22. The van der Waals surface area contributed by atoms with Gasteiger partial charge in [-0.2, -0.15) is 0 Å². The van der Waals surface area contributed by atoms with Gasteiger partial charge in [-0.05, 0) is 31.5 Å². The summed E-state index contributed by atoms with van der Waals surface area (Å²) in [5.74, 6) is 0. The number of nitrogens with zero attached hydrogens (tertiary/aromatic N) is 4. The summed E-state index contributed by atoms with van der Waals surface area (Å²) in [4.78, 5) is 11.8. The first-order valence-electron chi connectivity index (χ1n) is 8.57. The largest absolute Gasteiger partial charge is 0.390 e. The highest BCUT2D eigenvalue weighted by Crippen LogP contribution is 2.23. The van der Waals surface area contributed by atoms with Crippen LogP contribution < -0.4 is 4.90 Å². The van der Waals surface area contributed by atoms with E-state index in [-0.39, 0.29) is 6.61 Å². The van der Waals surface area contributed by atoms with E-state index < -0.39 is 0 Å². The first kappa shape index (κ1) is 15.7. The van der Waals surface area contributed by atoms with Crippen LogP contribution in [-0.4, -0.2) is 71.7 Å². The number of aliphatic hydroxyl groups excluding tert-OH is 1. The molecule has 1 aromatic heterocycles. The Bertz CT molecular complexity index is 465. The number of rotatable bonds is 4. The molecule has 1 aromatic rings. The van der Waals surface area contributed by atoms with Crippen LogP contribution in [0.1, 0.15) is 25.5 Å². The average molecular weight is 304 g/mol. The molecule has 5 heteroatoms. The lowest BCUT2D eigenvalue weighted by Crippen LogP contribution is -2.53. The molecule has 5 nitrogen and oxygen atoms in total. The Balaban J connectivity index is 1.52. The second kappa shape index (κ2) is 7.40. The van der Waals surface area contributed by atoms with Gasteiger partial charge in [-0.15, -0.1) is 0 Å². The molecule has 0 bridgehead atoms. The monoisotopic (exact) mass is 304 g/mol. The lowest BCUT2D eigenvalue weighted by atomic mass is 10.0. The fourth-order valence-electron chi connectivity index (χ4n) is 3.68. The molecular weight excluding hydrogens is 276 g/mol. The number of piperidine rings is 1. The number of pyridine rings is 1. The van der Waals surface area contributed by atoms with Crippen LogP contribution >= 0.6 is 0 Å². The Morgan fingerprint density at radius 2 is 1.86 bits per heavy atom. The SMILES string of the molecule is CCN1CCN(C2CCN(c3ccnc(CO)c3)CC2)CC1. The van der Waals surface area contributed by atoms with Crippen molar-refractivity contribution in [2.45, 2.75) is 32.4 Å². The number of likely N-dealkylation sites (N-methyl/N-ethyl adjacent to an activating group) is 1. The minimum absolute atomic E-state index is 0.0199. The van der Waals surface area contributed by atoms with E-state index in [0.717, 1.165) is 24.8 Å². The first-order valence-corrected chi connectivity index (χ1v) is 8.57. The highest BCUT2D eigenvalue weighted by atomic mass is 16.3. The van der Waals surface area contributed by atoms with Gasteiger partial charge in [0.1, 0.15) is 0 Å². The van der Waals surface area contributed by atoms with Crippen LogP contribution in [0.25, 0.3) is 0 Å². The molecule has 3 rings (SSSR count). The van der Waals surface area contributed by atoms with Gasteiger partial charge < -0.3 is 14.9 Å². The summed E-state index contributed by atoms with van der Waals surface area (Å²) in [5, 5.41) is 9.22. The highest BCUT2D eigenvalue weighted by Gasteiger charge is 2.27. The van der Waals surface area contributed by atoms with Crippen molar-refractivity contribution in [1.82, 2.24) is 14.8 Å². The van der Waals surface area contributed by atoms with Gasteiger partial charge in [-0.1, -0.05) is 6.92 Å². The molecule has 1 N–H and O–H groups in total. The standard InChI is InChI=1S/C17H28N4O/c1-2-19-9-11-21(12-10-19)16-4-7-20(8-5-16)17-3-6-18-15(13-17)14-22/h3,6,13,16,22H,2,4-5,7-12,14H2,1H3. The van der Waals surface area contributed by atoms with Crippen molar-refractivity contribution in [1.29, 1.82) is 0 Å². The zero-order chi connectivity index (χ0) is 15.4. The number of hydrogen-bond donors (Lipinski definition) is 1. The van der Waals surface area contributed by atoms with Crippen molar-refractivity contribution >= 4 is 5.69 Å². The number of aromatic nitrogens is 1. The zero-order valence-electron chi connectivity index (χ0n) is 13.6. The molecule has 2 saturated heterocycles. The maximum absolute atomic E-state index is 9.22. The van der Waals surface area contributed by atoms with Crippen molar-refractivity contribution in [3.63, 3.8) is 0 Å². The molecule has 22 heavy (non-hydrogen) atoms. The Morgan fingerprint density at radius 3 is 2.50 bits per heavy atom. The predicted octanol–water partition coefficient (Wildman–Crippen LogP) is 1.18. The van der Waals surface area contributed by atoms with Crippen LogP contribution in [0.5, 0.6) is 0 Å². The summed E-state index contributed by atoms with van der Waals surface area (Å²) in [5.41, 5.74) is 1.96. The molecule has 0 aliphatic carbocycles. The van der Waals surface area contributed by atoms with Gasteiger partial charge in [0.25, 0.3) is 0 Å². The highest BCUT2D eigenvalue weighted by molar-refractivity contribution is 5.46. The van der Waals surface area contributed by atoms with Crippen molar-refractivity contribution in [2.75, 3.05) is 50.7 Å². The van der Waals surface area contributed by atoms with E-state index in [1.54, 1.807) is 6.20 Å². The molecule has 2 aliphatic rings. The third-order valence-electron chi connectivity index (χ3n) is 5.16. The van der Waals surface area contributed by atoms with Crippen molar-refractivity contribution in [3.05, 3.63) is 24.0 Å². The van der Waals surface area contributed by atoms with Crippen LogP contribution in [-0.2, 0) is 6.61 Å². The molecular formula is C17H28N4O. The molecule has 0 amide bonds. The predicted molar refractivity (Wildman–Crippen MR) is 89.1 cm³/mol. The summed E-state index contributed by atoms with van der Waals surface area (Å²) in [7, 11) is 0. The van der Waals surface area contributed by atoms with Crippen molar-refractivity contribution in [2.24, 2.45) is 0 Å². The van der Waals surface area contributed by atoms with Crippen molar-refractivity contribution in [3.8, 4) is 0 Å². The van der Waals surface area contributed by atoms with Gasteiger partial charge in [-0.25, -0.2) is 0 Å². The van der Waals surface area contributed by atoms with Gasteiger partial charge >= 0.3 is 0 Å². The summed E-state index contributed by atoms with van der Waals surface area (Å²) in [6, 6.07) is 4.81. The third kappa shape index (κ3) is 3.59. The van der Waals surface area contributed by atoms with Gasteiger partial charge in [0.15, 0.2) is 0 Å². The maximum Gasteiger partial charge on any atom is 0.0853 e. The van der Waals surface area contributed by atoms with Crippen molar-refractivity contribution < 1.29 is 5.11 Å². The van der Waals surface area contributed by atoms with E-state index in [9.17, 15) is 5.11 Å². The van der Waals surface area contributed by atoms with Gasteiger partial charge in [0.2, 0.25) is 0 Å². The molecule has 0 aromatic carbocycles. The van der Waals surface area contributed by atoms with E-state index in [4.69, 9.17) is 0 Å². The molecule has 2 fully saturated rings. The van der Waals surface area contributed by atoms with E-state index in [0.29, 0.717) is 0 Å². The smallest absolute Gasteiger partial charge is 0.0853 e. The number of piperazine rings is 1. The first-order chi connectivity index (χ1) is 10.8. The normalized spacial score (nSPS) is 22.2. The Morgan fingerprint density at radius 1 is 1.14 bits per heavy atom. The van der Waals surface area contributed by atoms with Crippen LogP contribution in [0, 0.1) is 0 Å². The molecule has 2 aliphatic heterocycles. The number of anilines is 1. The quantitative estimate of drug-likeness (QED) is 0.905. The van der Waals surface area contributed by atoms with Crippen LogP contribution in [0.15, 0.2) is 18.3 Å². The second-order valence-corrected chi connectivity index (χ2v) is 6.35. The zero-order valence-corrected chi connectivity index (χ0v) is 13.6. The van der Waals surface area contributed by atoms with E-state index in [1.807, 2.05) is 6.07 Å².